The van der Waals surface area contributed by atoms with Crippen molar-refractivity contribution in [2.24, 2.45) is 11.8 Å². The van der Waals surface area contributed by atoms with Crippen LogP contribution in [-0.2, 0) is 0 Å². The summed E-state index contributed by atoms with van der Waals surface area (Å²) in [6.45, 7) is 11.1. The molecule has 1 aromatic rings. The molecular formula is C17H28N4O. The van der Waals surface area contributed by atoms with Crippen LogP contribution in [0.1, 0.15) is 56.2 Å². The number of aryl methyl sites for hydroxylation is 1. The predicted molar refractivity (Wildman–Crippen MR) is 89.2 cm³/mol. The fourth-order valence-corrected chi connectivity index (χ4v) is 2.58. The highest BCUT2D eigenvalue weighted by molar-refractivity contribution is 5.92. The van der Waals surface area contributed by atoms with Gasteiger partial charge in [-0.15, -0.1) is 0 Å². The Balaban J connectivity index is 2.04. The van der Waals surface area contributed by atoms with Crippen molar-refractivity contribution in [1.82, 2.24) is 15.3 Å². The number of piperidine rings is 1. The van der Waals surface area contributed by atoms with E-state index >= 15 is 0 Å². The maximum atomic E-state index is 12.2. The van der Waals surface area contributed by atoms with Crippen molar-refractivity contribution in [3.8, 4) is 0 Å². The molecule has 2 rings (SSSR count). The zero-order chi connectivity index (χ0) is 16.1. The van der Waals surface area contributed by atoms with Crippen LogP contribution in [0, 0.1) is 18.8 Å². The Bertz CT molecular complexity index is 507. The van der Waals surface area contributed by atoms with Crippen LogP contribution in [0.5, 0.6) is 0 Å². The molecule has 0 bridgehead atoms. The third kappa shape index (κ3) is 4.68. The van der Waals surface area contributed by atoms with E-state index in [4.69, 9.17) is 0 Å². The van der Waals surface area contributed by atoms with Gasteiger partial charge in [0, 0.05) is 25.3 Å². The average molecular weight is 304 g/mol. The summed E-state index contributed by atoms with van der Waals surface area (Å²) in [4.78, 5) is 23.4. The van der Waals surface area contributed by atoms with Crippen molar-refractivity contribution in [3.05, 3.63) is 17.5 Å². The Hall–Kier alpha value is -1.65. The van der Waals surface area contributed by atoms with Crippen molar-refractivity contribution in [1.29, 1.82) is 0 Å². The number of hydrogen-bond acceptors (Lipinski definition) is 4. The molecule has 0 aromatic carbocycles. The first-order valence-corrected chi connectivity index (χ1v) is 8.34. The first kappa shape index (κ1) is 16.7. The Labute approximate surface area is 133 Å². The second-order valence-corrected chi connectivity index (χ2v) is 6.80. The lowest BCUT2D eigenvalue weighted by atomic mass is 10.00. The van der Waals surface area contributed by atoms with E-state index in [-0.39, 0.29) is 5.91 Å². The second kappa shape index (κ2) is 7.56. The minimum atomic E-state index is -0.0993. The molecule has 0 atom stereocenters. The van der Waals surface area contributed by atoms with E-state index in [9.17, 15) is 4.79 Å². The van der Waals surface area contributed by atoms with Crippen LogP contribution in [0.3, 0.4) is 0 Å². The highest BCUT2D eigenvalue weighted by Crippen LogP contribution is 2.20. The maximum Gasteiger partial charge on any atom is 0.270 e. The quantitative estimate of drug-likeness (QED) is 0.909. The van der Waals surface area contributed by atoms with Crippen molar-refractivity contribution in [3.63, 3.8) is 0 Å². The van der Waals surface area contributed by atoms with Crippen LogP contribution in [0.15, 0.2) is 6.07 Å². The first-order chi connectivity index (χ1) is 10.5. The monoisotopic (exact) mass is 304 g/mol. The first-order valence-electron chi connectivity index (χ1n) is 8.34. The van der Waals surface area contributed by atoms with Gasteiger partial charge in [-0.05, 0) is 44.1 Å². The van der Waals surface area contributed by atoms with Crippen LogP contribution in [0.4, 0.5) is 5.95 Å². The van der Waals surface area contributed by atoms with Gasteiger partial charge in [-0.1, -0.05) is 20.8 Å². The van der Waals surface area contributed by atoms with Gasteiger partial charge in [0.2, 0.25) is 5.95 Å². The summed E-state index contributed by atoms with van der Waals surface area (Å²) in [5.74, 6) is 1.94. The molecule has 1 fully saturated rings. The van der Waals surface area contributed by atoms with Crippen LogP contribution in [-0.4, -0.2) is 35.5 Å². The third-order valence-electron chi connectivity index (χ3n) is 4.15. The van der Waals surface area contributed by atoms with Crippen molar-refractivity contribution < 1.29 is 4.79 Å². The van der Waals surface area contributed by atoms with Gasteiger partial charge in [0.15, 0.2) is 0 Å². The summed E-state index contributed by atoms with van der Waals surface area (Å²) in [5, 5.41) is 2.95. The Morgan fingerprint density at radius 2 is 2.05 bits per heavy atom. The van der Waals surface area contributed by atoms with E-state index in [0.29, 0.717) is 24.1 Å². The van der Waals surface area contributed by atoms with Gasteiger partial charge in [0.1, 0.15) is 5.69 Å². The minimum Gasteiger partial charge on any atom is -0.351 e. The predicted octanol–water partition coefficient (Wildman–Crippen LogP) is 2.80. The van der Waals surface area contributed by atoms with Crippen molar-refractivity contribution in [2.45, 2.75) is 47.0 Å². The molecule has 1 aliphatic heterocycles. The van der Waals surface area contributed by atoms with E-state index in [2.05, 4.69) is 41.0 Å². The topological polar surface area (TPSA) is 58.1 Å². The highest BCUT2D eigenvalue weighted by atomic mass is 16.1. The van der Waals surface area contributed by atoms with Gasteiger partial charge in [-0.2, -0.15) is 0 Å². The number of hydrogen-bond donors (Lipinski definition) is 1. The second-order valence-electron chi connectivity index (χ2n) is 6.80. The molecule has 0 unspecified atom stereocenters. The summed E-state index contributed by atoms with van der Waals surface area (Å²) < 4.78 is 0. The van der Waals surface area contributed by atoms with E-state index < -0.39 is 0 Å². The molecule has 1 aromatic heterocycles. The molecule has 0 saturated carbocycles. The fourth-order valence-electron chi connectivity index (χ4n) is 2.58. The van der Waals surface area contributed by atoms with Gasteiger partial charge < -0.3 is 10.2 Å². The van der Waals surface area contributed by atoms with Crippen LogP contribution >= 0.6 is 0 Å². The number of carbonyl (C=O) groups is 1. The lowest BCUT2D eigenvalue weighted by Gasteiger charge is -2.30. The van der Waals surface area contributed by atoms with E-state index in [1.807, 2.05) is 6.92 Å². The number of amides is 1. The maximum absolute atomic E-state index is 12.2. The van der Waals surface area contributed by atoms with Crippen LogP contribution in [0.2, 0.25) is 0 Å². The number of anilines is 1. The van der Waals surface area contributed by atoms with E-state index in [1.165, 1.54) is 0 Å². The Morgan fingerprint density at radius 1 is 1.36 bits per heavy atom. The van der Waals surface area contributed by atoms with Gasteiger partial charge in [0.25, 0.3) is 5.91 Å². The zero-order valence-corrected chi connectivity index (χ0v) is 14.2. The SMILES string of the molecule is Cc1cc(C(=O)NCCC(C)C)nc(N2CCC(C)CC2)n1. The number of nitrogens with one attached hydrogen (secondary N) is 1. The molecule has 1 aliphatic rings. The van der Waals surface area contributed by atoms with Crippen LogP contribution in [0.25, 0.3) is 0 Å². The van der Waals surface area contributed by atoms with Crippen LogP contribution < -0.4 is 10.2 Å². The summed E-state index contributed by atoms with van der Waals surface area (Å²) in [7, 11) is 0. The summed E-state index contributed by atoms with van der Waals surface area (Å²) in [6.07, 6.45) is 3.30. The Kier molecular flexibility index (Phi) is 5.75. The van der Waals surface area contributed by atoms with E-state index in [1.54, 1.807) is 6.07 Å². The summed E-state index contributed by atoms with van der Waals surface area (Å²) in [5.41, 5.74) is 1.32. The van der Waals surface area contributed by atoms with Crippen molar-refractivity contribution in [2.75, 3.05) is 24.5 Å². The van der Waals surface area contributed by atoms with E-state index in [0.717, 1.165) is 44.0 Å². The average Bonchev–Trinajstić information content (AvgIpc) is 2.46. The third-order valence-corrected chi connectivity index (χ3v) is 4.15. The molecule has 1 amide bonds. The van der Waals surface area contributed by atoms with Gasteiger partial charge in [-0.3, -0.25) is 4.79 Å². The molecule has 5 heteroatoms. The molecule has 22 heavy (non-hydrogen) atoms. The molecule has 122 valence electrons. The summed E-state index contributed by atoms with van der Waals surface area (Å²) in [6, 6.07) is 1.76. The number of rotatable bonds is 5. The van der Waals surface area contributed by atoms with Gasteiger partial charge in [0.05, 0.1) is 0 Å². The lowest BCUT2D eigenvalue weighted by Crippen LogP contribution is -2.35. The molecule has 2 heterocycles. The molecule has 0 spiro atoms. The number of nitrogens with zero attached hydrogens (tertiary/aromatic N) is 3. The molecular weight excluding hydrogens is 276 g/mol. The van der Waals surface area contributed by atoms with Gasteiger partial charge in [-0.25, -0.2) is 9.97 Å². The molecule has 5 nitrogen and oxygen atoms in total. The smallest absolute Gasteiger partial charge is 0.270 e. The number of carbonyl (C=O) groups excluding carboxylic acids is 1. The minimum absolute atomic E-state index is 0.0993. The van der Waals surface area contributed by atoms with Gasteiger partial charge >= 0.3 is 0 Å². The fraction of sp³-hybridized carbons (Fsp3) is 0.706. The molecule has 0 aliphatic carbocycles. The van der Waals surface area contributed by atoms with Crippen molar-refractivity contribution >= 4 is 11.9 Å². The molecule has 1 saturated heterocycles. The zero-order valence-electron chi connectivity index (χ0n) is 14.2. The molecule has 1 N–H and O–H groups in total. The Morgan fingerprint density at radius 3 is 2.68 bits per heavy atom. The number of aromatic nitrogens is 2. The normalized spacial score (nSPS) is 16.1. The summed E-state index contributed by atoms with van der Waals surface area (Å²) >= 11 is 0. The standard InChI is InChI=1S/C17H28N4O/c1-12(2)5-8-18-16(22)15-11-14(4)19-17(20-15)21-9-6-13(3)7-10-21/h11-13H,5-10H2,1-4H3,(H,18,22). The lowest BCUT2D eigenvalue weighted by molar-refractivity contribution is 0.0946. The highest BCUT2D eigenvalue weighted by Gasteiger charge is 2.20. The largest absolute Gasteiger partial charge is 0.351 e. The molecule has 0 radical (unpaired) electrons.